The van der Waals surface area contributed by atoms with E-state index in [4.69, 9.17) is 0 Å². The minimum absolute atomic E-state index is 0.0770. The number of carbonyl (C=O) groups is 2. The molecule has 8 heteroatoms. The highest BCUT2D eigenvalue weighted by Gasteiger charge is 2.22. The average Bonchev–Trinajstić information content (AvgIpc) is 2.93. The Kier molecular flexibility index (Phi) is 3.98. The first-order valence-corrected chi connectivity index (χ1v) is 8.65. The van der Waals surface area contributed by atoms with Crippen molar-refractivity contribution in [3.63, 3.8) is 0 Å². The SMILES string of the molecule is CNC(=O)c1ccc(NS(=O)(=O)c2ccc3c(c2)CC(=O)N3)cc1. The monoisotopic (exact) mass is 345 g/mol. The highest BCUT2D eigenvalue weighted by atomic mass is 32.2. The van der Waals surface area contributed by atoms with Crippen molar-refractivity contribution in [2.24, 2.45) is 0 Å². The van der Waals surface area contributed by atoms with Gasteiger partial charge in [-0.05, 0) is 48.0 Å². The number of sulfonamides is 1. The lowest BCUT2D eigenvalue weighted by atomic mass is 10.2. The van der Waals surface area contributed by atoms with E-state index >= 15 is 0 Å². The zero-order valence-corrected chi connectivity index (χ0v) is 13.6. The first-order chi connectivity index (χ1) is 11.4. The van der Waals surface area contributed by atoms with Crippen LogP contribution in [0, 0.1) is 0 Å². The van der Waals surface area contributed by atoms with Gasteiger partial charge in [0.1, 0.15) is 0 Å². The first kappa shape index (κ1) is 16.0. The van der Waals surface area contributed by atoms with Gasteiger partial charge in [-0.2, -0.15) is 0 Å². The predicted molar refractivity (Wildman–Crippen MR) is 89.4 cm³/mol. The number of amides is 2. The number of hydrogen-bond donors (Lipinski definition) is 3. The second-order valence-corrected chi connectivity index (χ2v) is 6.99. The van der Waals surface area contributed by atoms with Crippen LogP contribution >= 0.6 is 0 Å². The molecule has 0 radical (unpaired) electrons. The van der Waals surface area contributed by atoms with Crippen LogP contribution in [0.3, 0.4) is 0 Å². The molecule has 1 heterocycles. The number of anilines is 2. The molecule has 2 aromatic carbocycles. The molecular weight excluding hydrogens is 330 g/mol. The highest BCUT2D eigenvalue weighted by Crippen LogP contribution is 2.26. The quantitative estimate of drug-likeness (QED) is 0.778. The van der Waals surface area contributed by atoms with E-state index in [2.05, 4.69) is 15.4 Å². The Morgan fingerprint density at radius 2 is 1.83 bits per heavy atom. The lowest BCUT2D eigenvalue weighted by Gasteiger charge is -2.10. The van der Waals surface area contributed by atoms with Crippen LogP contribution in [0.15, 0.2) is 47.4 Å². The van der Waals surface area contributed by atoms with Crippen LogP contribution < -0.4 is 15.4 Å². The maximum absolute atomic E-state index is 12.5. The predicted octanol–water partition coefficient (Wildman–Crippen LogP) is 1.34. The Morgan fingerprint density at radius 1 is 1.12 bits per heavy atom. The maximum atomic E-state index is 12.5. The van der Waals surface area contributed by atoms with Crippen LogP contribution in [0.1, 0.15) is 15.9 Å². The van der Waals surface area contributed by atoms with Gasteiger partial charge in [-0.3, -0.25) is 14.3 Å². The lowest BCUT2D eigenvalue weighted by Crippen LogP contribution is -2.18. The van der Waals surface area contributed by atoms with E-state index < -0.39 is 10.0 Å². The van der Waals surface area contributed by atoms with Crippen molar-refractivity contribution in [2.75, 3.05) is 17.1 Å². The summed E-state index contributed by atoms with van der Waals surface area (Å²) in [7, 11) is -2.26. The van der Waals surface area contributed by atoms with E-state index in [-0.39, 0.29) is 23.1 Å². The molecule has 124 valence electrons. The second-order valence-electron chi connectivity index (χ2n) is 5.31. The van der Waals surface area contributed by atoms with Crippen molar-refractivity contribution < 1.29 is 18.0 Å². The summed E-state index contributed by atoms with van der Waals surface area (Å²) in [6.45, 7) is 0. The normalized spacial score (nSPS) is 13.1. The molecule has 24 heavy (non-hydrogen) atoms. The standard InChI is InChI=1S/C16H15N3O4S/c1-17-16(21)10-2-4-12(5-3-10)19-24(22,23)13-6-7-14-11(8-13)9-15(20)18-14/h2-8,19H,9H2,1H3,(H,17,21)(H,18,20). The van der Waals surface area contributed by atoms with Crippen LogP contribution in [0.2, 0.25) is 0 Å². The number of fused-ring (bicyclic) bond motifs is 1. The first-order valence-electron chi connectivity index (χ1n) is 7.17. The molecule has 3 rings (SSSR count). The average molecular weight is 345 g/mol. The molecule has 3 N–H and O–H groups in total. The molecule has 2 amide bonds. The number of hydrogen-bond acceptors (Lipinski definition) is 4. The molecule has 1 aliphatic rings. The molecule has 0 spiro atoms. The summed E-state index contributed by atoms with van der Waals surface area (Å²) in [6, 6.07) is 10.6. The van der Waals surface area contributed by atoms with Gasteiger partial charge in [0.25, 0.3) is 15.9 Å². The van der Waals surface area contributed by atoms with Crippen molar-refractivity contribution in [3.8, 4) is 0 Å². The third-order valence-corrected chi connectivity index (χ3v) is 5.02. The van der Waals surface area contributed by atoms with Crippen LogP contribution in [-0.2, 0) is 21.2 Å². The number of carbonyl (C=O) groups excluding carboxylic acids is 2. The van der Waals surface area contributed by atoms with Crippen molar-refractivity contribution in [1.29, 1.82) is 0 Å². The largest absolute Gasteiger partial charge is 0.355 e. The third-order valence-electron chi connectivity index (χ3n) is 3.64. The summed E-state index contributed by atoms with van der Waals surface area (Å²) in [4.78, 5) is 22.9. The molecule has 0 atom stereocenters. The fourth-order valence-electron chi connectivity index (χ4n) is 2.42. The molecule has 0 unspecified atom stereocenters. The van der Waals surface area contributed by atoms with Crippen LogP contribution in [0.5, 0.6) is 0 Å². The van der Waals surface area contributed by atoms with Crippen molar-refractivity contribution >= 4 is 33.2 Å². The van der Waals surface area contributed by atoms with E-state index in [9.17, 15) is 18.0 Å². The van der Waals surface area contributed by atoms with E-state index in [0.29, 0.717) is 22.5 Å². The molecular formula is C16H15N3O4S. The summed E-state index contributed by atoms with van der Waals surface area (Å²) in [6.07, 6.45) is 0.166. The molecule has 2 aromatic rings. The van der Waals surface area contributed by atoms with Gasteiger partial charge in [0.2, 0.25) is 5.91 Å². The van der Waals surface area contributed by atoms with E-state index in [1.165, 1.54) is 43.4 Å². The van der Waals surface area contributed by atoms with E-state index in [1.807, 2.05) is 0 Å². The van der Waals surface area contributed by atoms with Gasteiger partial charge in [0, 0.05) is 24.0 Å². The molecule has 1 aliphatic heterocycles. The van der Waals surface area contributed by atoms with Gasteiger partial charge in [0.05, 0.1) is 11.3 Å². The zero-order chi connectivity index (χ0) is 17.3. The van der Waals surface area contributed by atoms with Gasteiger partial charge >= 0.3 is 0 Å². The fraction of sp³-hybridized carbons (Fsp3) is 0.125. The van der Waals surface area contributed by atoms with Gasteiger partial charge < -0.3 is 10.6 Å². The summed E-state index contributed by atoms with van der Waals surface area (Å²) in [5.74, 6) is -0.405. The van der Waals surface area contributed by atoms with E-state index in [0.717, 1.165) is 0 Å². The summed E-state index contributed by atoms with van der Waals surface area (Å²) in [5.41, 5.74) is 2.06. The van der Waals surface area contributed by atoms with Gasteiger partial charge in [0.15, 0.2) is 0 Å². The maximum Gasteiger partial charge on any atom is 0.261 e. The van der Waals surface area contributed by atoms with Crippen LogP contribution in [0.25, 0.3) is 0 Å². The number of rotatable bonds is 4. The highest BCUT2D eigenvalue weighted by molar-refractivity contribution is 7.92. The molecule has 0 saturated carbocycles. The van der Waals surface area contributed by atoms with Gasteiger partial charge in [-0.1, -0.05) is 0 Å². The Bertz CT molecular complexity index is 921. The van der Waals surface area contributed by atoms with Gasteiger partial charge in [-0.15, -0.1) is 0 Å². The van der Waals surface area contributed by atoms with Crippen molar-refractivity contribution in [1.82, 2.24) is 5.32 Å². The van der Waals surface area contributed by atoms with Crippen LogP contribution in [0.4, 0.5) is 11.4 Å². The Balaban J connectivity index is 1.83. The molecule has 0 bridgehead atoms. The number of benzene rings is 2. The minimum atomic E-state index is -3.78. The van der Waals surface area contributed by atoms with Crippen molar-refractivity contribution in [3.05, 3.63) is 53.6 Å². The van der Waals surface area contributed by atoms with Crippen molar-refractivity contribution in [2.45, 2.75) is 11.3 Å². The molecule has 0 aliphatic carbocycles. The zero-order valence-electron chi connectivity index (χ0n) is 12.8. The lowest BCUT2D eigenvalue weighted by molar-refractivity contribution is -0.115. The fourth-order valence-corrected chi connectivity index (χ4v) is 3.53. The number of nitrogens with one attached hydrogen (secondary N) is 3. The second kappa shape index (κ2) is 5.97. The molecule has 0 saturated heterocycles. The third kappa shape index (κ3) is 3.09. The summed E-state index contributed by atoms with van der Waals surface area (Å²) < 4.78 is 27.4. The summed E-state index contributed by atoms with van der Waals surface area (Å²) >= 11 is 0. The smallest absolute Gasteiger partial charge is 0.261 e. The molecule has 7 nitrogen and oxygen atoms in total. The summed E-state index contributed by atoms with van der Waals surface area (Å²) in [5, 5.41) is 5.15. The molecule has 0 aromatic heterocycles. The topological polar surface area (TPSA) is 104 Å². The molecule has 0 fully saturated rings. The Hall–Kier alpha value is -2.87. The minimum Gasteiger partial charge on any atom is -0.355 e. The Morgan fingerprint density at radius 3 is 2.50 bits per heavy atom. The Labute approximate surface area is 139 Å². The van der Waals surface area contributed by atoms with E-state index in [1.54, 1.807) is 6.07 Å². The van der Waals surface area contributed by atoms with Crippen LogP contribution in [-0.4, -0.2) is 27.3 Å². The van der Waals surface area contributed by atoms with Gasteiger partial charge in [-0.25, -0.2) is 8.42 Å².